The summed E-state index contributed by atoms with van der Waals surface area (Å²) in [5, 5.41) is 3.32. The van der Waals surface area contributed by atoms with Crippen LogP contribution in [-0.4, -0.2) is 36.3 Å². The first kappa shape index (κ1) is 14.8. The molecule has 0 amide bonds. The Morgan fingerprint density at radius 1 is 1.32 bits per heavy atom. The first-order valence-corrected chi connectivity index (χ1v) is 7.71. The number of para-hydroxylation sites is 1. The second-order valence-corrected chi connectivity index (χ2v) is 5.59. The summed E-state index contributed by atoms with van der Waals surface area (Å²) in [6.07, 6.45) is 3.64. The molecular formula is C17H22N4O. The number of hydrogen-bond acceptors (Lipinski definition) is 5. The Morgan fingerprint density at radius 3 is 3.05 bits per heavy atom. The van der Waals surface area contributed by atoms with Crippen molar-refractivity contribution in [3.8, 4) is 0 Å². The Bertz CT molecular complexity index is 632. The molecule has 22 heavy (non-hydrogen) atoms. The van der Waals surface area contributed by atoms with Gasteiger partial charge in [-0.25, -0.2) is 9.97 Å². The van der Waals surface area contributed by atoms with Crippen LogP contribution in [0.2, 0.25) is 0 Å². The van der Waals surface area contributed by atoms with Gasteiger partial charge < -0.3 is 15.0 Å². The molecule has 2 heterocycles. The zero-order valence-corrected chi connectivity index (χ0v) is 13.1. The summed E-state index contributed by atoms with van der Waals surface area (Å²) >= 11 is 0. The molecule has 0 fully saturated rings. The van der Waals surface area contributed by atoms with Crippen LogP contribution in [0.1, 0.15) is 18.9 Å². The molecule has 1 aliphatic heterocycles. The predicted octanol–water partition coefficient (Wildman–Crippen LogP) is 3.01. The fourth-order valence-electron chi connectivity index (χ4n) is 2.92. The molecule has 0 radical (unpaired) electrons. The third kappa shape index (κ3) is 3.04. The van der Waals surface area contributed by atoms with Crippen LogP contribution in [0.3, 0.4) is 0 Å². The molecule has 1 N–H and O–H groups in total. The number of benzene rings is 1. The molecule has 2 aromatic rings. The third-order valence-electron chi connectivity index (χ3n) is 3.94. The monoisotopic (exact) mass is 298 g/mol. The first-order valence-electron chi connectivity index (χ1n) is 7.71. The number of anilines is 3. The topological polar surface area (TPSA) is 50.3 Å². The van der Waals surface area contributed by atoms with Gasteiger partial charge in [-0.1, -0.05) is 18.2 Å². The molecule has 1 unspecified atom stereocenters. The largest absolute Gasteiger partial charge is 0.385 e. The first-order chi connectivity index (χ1) is 10.8. The normalized spacial score (nSPS) is 16.6. The fourth-order valence-corrected chi connectivity index (χ4v) is 2.92. The van der Waals surface area contributed by atoms with E-state index in [-0.39, 0.29) is 0 Å². The highest BCUT2D eigenvalue weighted by Crippen LogP contribution is 2.37. The average molecular weight is 298 g/mol. The van der Waals surface area contributed by atoms with E-state index in [9.17, 15) is 0 Å². The van der Waals surface area contributed by atoms with Crippen molar-refractivity contribution in [1.82, 2.24) is 9.97 Å². The lowest BCUT2D eigenvalue weighted by atomic mass is 10.1. The molecule has 1 aliphatic rings. The van der Waals surface area contributed by atoms with Gasteiger partial charge >= 0.3 is 0 Å². The molecule has 5 nitrogen and oxygen atoms in total. The third-order valence-corrected chi connectivity index (χ3v) is 3.94. The van der Waals surface area contributed by atoms with Crippen LogP contribution in [0.15, 0.2) is 36.7 Å². The van der Waals surface area contributed by atoms with Gasteiger partial charge in [0, 0.05) is 38.1 Å². The van der Waals surface area contributed by atoms with Crippen LogP contribution >= 0.6 is 0 Å². The van der Waals surface area contributed by atoms with E-state index < -0.39 is 0 Å². The maximum Gasteiger partial charge on any atom is 0.138 e. The van der Waals surface area contributed by atoms with Crippen molar-refractivity contribution in [3.05, 3.63) is 42.2 Å². The molecule has 1 aromatic heterocycles. The molecule has 3 rings (SSSR count). The van der Waals surface area contributed by atoms with E-state index in [0.29, 0.717) is 6.04 Å². The van der Waals surface area contributed by atoms with Gasteiger partial charge in [0.25, 0.3) is 0 Å². The molecule has 0 saturated heterocycles. The zero-order chi connectivity index (χ0) is 15.4. The van der Waals surface area contributed by atoms with Gasteiger partial charge in [0.05, 0.1) is 0 Å². The Morgan fingerprint density at radius 2 is 2.18 bits per heavy atom. The molecular weight excluding hydrogens is 276 g/mol. The minimum atomic E-state index is 0.411. The molecule has 116 valence electrons. The number of nitrogens with zero attached hydrogens (tertiary/aromatic N) is 3. The number of fused-ring (bicyclic) bond motifs is 1. The van der Waals surface area contributed by atoms with Crippen LogP contribution < -0.4 is 10.2 Å². The fraction of sp³-hybridized carbons (Fsp3) is 0.412. The van der Waals surface area contributed by atoms with Gasteiger partial charge in [0.15, 0.2) is 0 Å². The number of rotatable bonds is 6. The molecule has 0 saturated carbocycles. The van der Waals surface area contributed by atoms with Crippen molar-refractivity contribution in [2.75, 3.05) is 30.5 Å². The summed E-state index contributed by atoms with van der Waals surface area (Å²) in [6.45, 7) is 3.83. The standard InChI is InChI=1S/C17H22N4O/c1-13-10-14-6-3-4-7-15(14)21(13)17-11-16(19-12-20-17)18-8-5-9-22-2/h3-4,6-7,11-13H,5,8-10H2,1-2H3,(H,18,19,20). The highest BCUT2D eigenvalue weighted by atomic mass is 16.5. The number of methoxy groups -OCH3 is 1. The van der Waals surface area contributed by atoms with Crippen molar-refractivity contribution in [3.63, 3.8) is 0 Å². The second-order valence-electron chi connectivity index (χ2n) is 5.59. The van der Waals surface area contributed by atoms with Crippen LogP contribution in [0.4, 0.5) is 17.3 Å². The number of aromatic nitrogens is 2. The minimum Gasteiger partial charge on any atom is -0.385 e. The highest BCUT2D eigenvalue weighted by Gasteiger charge is 2.27. The number of hydrogen-bond donors (Lipinski definition) is 1. The second kappa shape index (κ2) is 6.75. The van der Waals surface area contributed by atoms with Gasteiger partial charge in [-0.2, -0.15) is 0 Å². The van der Waals surface area contributed by atoms with Crippen molar-refractivity contribution in [2.45, 2.75) is 25.8 Å². The summed E-state index contributed by atoms with van der Waals surface area (Å²) in [5.74, 6) is 1.80. The molecule has 1 atom stereocenters. The van der Waals surface area contributed by atoms with Gasteiger partial charge in [0.2, 0.25) is 0 Å². The highest BCUT2D eigenvalue weighted by molar-refractivity contribution is 5.69. The Labute approximate surface area is 131 Å². The zero-order valence-electron chi connectivity index (χ0n) is 13.1. The van der Waals surface area contributed by atoms with E-state index in [0.717, 1.165) is 37.6 Å². The summed E-state index contributed by atoms with van der Waals surface area (Å²) < 4.78 is 5.06. The molecule has 0 spiro atoms. The number of nitrogens with one attached hydrogen (secondary N) is 1. The lowest BCUT2D eigenvalue weighted by molar-refractivity contribution is 0.198. The smallest absolute Gasteiger partial charge is 0.138 e. The Balaban J connectivity index is 1.77. The van der Waals surface area contributed by atoms with Crippen molar-refractivity contribution in [2.24, 2.45) is 0 Å². The number of ether oxygens (including phenoxy) is 1. The Hall–Kier alpha value is -2.14. The quantitative estimate of drug-likeness (QED) is 0.831. The van der Waals surface area contributed by atoms with E-state index >= 15 is 0 Å². The van der Waals surface area contributed by atoms with E-state index in [2.05, 4.69) is 51.4 Å². The van der Waals surface area contributed by atoms with Gasteiger partial charge in [-0.3, -0.25) is 0 Å². The van der Waals surface area contributed by atoms with Gasteiger partial charge in [-0.05, 0) is 31.4 Å². The predicted molar refractivity (Wildman–Crippen MR) is 88.8 cm³/mol. The van der Waals surface area contributed by atoms with Crippen molar-refractivity contribution in [1.29, 1.82) is 0 Å². The van der Waals surface area contributed by atoms with Crippen LogP contribution in [0.25, 0.3) is 0 Å². The van der Waals surface area contributed by atoms with E-state index in [1.165, 1.54) is 11.3 Å². The summed E-state index contributed by atoms with van der Waals surface area (Å²) in [6, 6.07) is 11.0. The molecule has 1 aromatic carbocycles. The summed E-state index contributed by atoms with van der Waals surface area (Å²) in [4.78, 5) is 11.1. The maximum absolute atomic E-state index is 5.06. The Kier molecular flexibility index (Phi) is 4.53. The lowest BCUT2D eigenvalue weighted by Gasteiger charge is -2.24. The molecule has 0 aliphatic carbocycles. The minimum absolute atomic E-state index is 0.411. The van der Waals surface area contributed by atoms with Crippen LogP contribution in [0.5, 0.6) is 0 Å². The van der Waals surface area contributed by atoms with Crippen LogP contribution in [-0.2, 0) is 11.2 Å². The van der Waals surface area contributed by atoms with Crippen molar-refractivity contribution < 1.29 is 4.74 Å². The van der Waals surface area contributed by atoms with Crippen LogP contribution in [0, 0.1) is 0 Å². The molecule has 0 bridgehead atoms. The SMILES string of the molecule is COCCCNc1cc(N2c3ccccc3CC2C)ncn1. The molecule has 5 heteroatoms. The maximum atomic E-state index is 5.06. The van der Waals surface area contributed by atoms with E-state index in [4.69, 9.17) is 4.74 Å². The van der Waals surface area contributed by atoms with Gasteiger partial charge in [0.1, 0.15) is 18.0 Å². The summed E-state index contributed by atoms with van der Waals surface area (Å²) in [5.41, 5.74) is 2.63. The van der Waals surface area contributed by atoms with Crippen molar-refractivity contribution >= 4 is 17.3 Å². The average Bonchev–Trinajstić information content (AvgIpc) is 2.87. The van der Waals surface area contributed by atoms with Gasteiger partial charge in [-0.15, -0.1) is 0 Å². The van der Waals surface area contributed by atoms with E-state index in [1.54, 1.807) is 13.4 Å². The lowest BCUT2D eigenvalue weighted by Crippen LogP contribution is -2.25. The van der Waals surface area contributed by atoms with E-state index in [1.807, 2.05) is 6.07 Å². The summed E-state index contributed by atoms with van der Waals surface area (Å²) in [7, 11) is 1.72.